The molecule has 0 saturated carbocycles. The van der Waals surface area contributed by atoms with E-state index >= 15 is 0 Å². The summed E-state index contributed by atoms with van der Waals surface area (Å²) >= 11 is 0. The molecule has 0 amide bonds. The average Bonchev–Trinajstić information content (AvgIpc) is 3.47. The fraction of sp³-hybridized carbons (Fsp3) is 0.178. The van der Waals surface area contributed by atoms with Gasteiger partial charge in [-0.3, -0.25) is 0 Å². The van der Waals surface area contributed by atoms with Crippen molar-refractivity contribution in [1.82, 2.24) is 9.13 Å². The summed E-state index contributed by atoms with van der Waals surface area (Å²) in [4.78, 5) is 2.56. The Balaban J connectivity index is 1.01. The van der Waals surface area contributed by atoms with E-state index in [2.05, 4.69) is 277 Å². The van der Waals surface area contributed by atoms with Crippen molar-refractivity contribution in [3.05, 3.63) is 239 Å². The Hall–Kier alpha value is -8.54. The molecule has 4 aliphatic rings. The van der Waals surface area contributed by atoms with Crippen molar-refractivity contribution >= 4 is 83.8 Å². The number of hydrogen-bond acceptors (Lipinski definition) is 2. The van der Waals surface area contributed by atoms with E-state index in [-0.39, 0.29) is 23.0 Å². The van der Waals surface area contributed by atoms with Crippen molar-refractivity contribution in [1.29, 1.82) is 0 Å². The summed E-state index contributed by atoms with van der Waals surface area (Å²) < 4.78 is 12.6. The molecule has 0 bridgehead atoms. The molecule has 10 aromatic carbocycles. The lowest BCUT2D eigenvalue weighted by Crippen LogP contribution is -2.58. The third-order valence-corrected chi connectivity index (χ3v) is 18.2. The second kappa shape index (κ2) is 15.4. The van der Waals surface area contributed by atoms with Gasteiger partial charge in [-0.2, -0.15) is 0 Å². The summed E-state index contributed by atoms with van der Waals surface area (Å²) in [5.41, 5.74) is 25.4. The van der Waals surface area contributed by atoms with Gasteiger partial charge in [0.2, 0.25) is 0 Å². The Bertz CT molecular complexity index is 4530. The Kier molecular flexibility index (Phi) is 8.98. The van der Waals surface area contributed by atoms with E-state index in [1.807, 2.05) is 0 Å². The molecule has 0 N–H and O–H groups in total. The van der Waals surface area contributed by atoms with E-state index in [0.29, 0.717) is 0 Å². The van der Waals surface area contributed by atoms with Crippen molar-refractivity contribution in [2.75, 3.05) is 4.90 Å². The second-order valence-electron chi connectivity index (χ2n) is 25.7. The van der Waals surface area contributed by atoms with E-state index in [9.17, 15) is 0 Å². The molecule has 1 aliphatic carbocycles. The van der Waals surface area contributed by atoms with Crippen LogP contribution in [0.3, 0.4) is 0 Å². The minimum absolute atomic E-state index is 0.0244. The van der Waals surface area contributed by atoms with E-state index in [4.69, 9.17) is 4.74 Å². The molecule has 4 nitrogen and oxygen atoms in total. The second-order valence-corrected chi connectivity index (χ2v) is 25.7. The molecule has 3 aliphatic heterocycles. The van der Waals surface area contributed by atoms with Gasteiger partial charge in [-0.25, -0.2) is 0 Å². The van der Waals surface area contributed by atoms with Gasteiger partial charge in [0.25, 0.3) is 6.71 Å². The molecule has 1 spiro atoms. The van der Waals surface area contributed by atoms with Crippen molar-refractivity contribution in [2.45, 2.75) is 84.0 Å². The molecule has 78 heavy (non-hydrogen) atoms. The Morgan fingerprint density at radius 2 is 0.910 bits per heavy atom. The third-order valence-electron chi connectivity index (χ3n) is 18.2. The van der Waals surface area contributed by atoms with Gasteiger partial charge in [-0.1, -0.05) is 202 Å². The Morgan fingerprint density at radius 3 is 1.59 bits per heavy atom. The summed E-state index contributed by atoms with van der Waals surface area (Å²) in [7, 11) is 0. The van der Waals surface area contributed by atoms with E-state index < -0.39 is 5.41 Å². The van der Waals surface area contributed by atoms with Crippen LogP contribution in [0.4, 0.5) is 17.1 Å². The summed E-state index contributed by atoms with van der Waals surface area (Å²) in [6, 6.07) is 76.5. The van der Waals surface area contributed by atoms with Gasteiger partial charge in [-0.05, 0) is 137 Å². The number of benzene rings is 10. The number of ether oxygens (including phenoxy) is 1. The van der Waals surface area contributed by atoms with Gasteiger partial charge in [0.15, 0.2) is 0 Å². The molecule has 0 atom stereocenters. The minimum atomic E-state index is -0.515. The largest absolute Gasteiger partial charge is 0.458 e. The summed E-state index contributed by atoms with van der Waals surface area (Å²) in [6.45, 7) is 21.0. The summed E-state index contributed by atoms with van der Waals surface area (Å²) in [6.07, 6.45) is 0. The van der Waals surface area contributed by atoms with Gasteiger partial charge >= 0.3 is 0 Å². The molecular formula is C73H60BN3O. The molecule has 5 heterocycles. The molecule has 0 fully saturated rings. The van der Waals surface area contributed by atoms with Gasteiger partial charge in [0.1, 0.15) is 11.5 Å². The quantitative estimate of drug-likeness (QED) is 0.161. The fourth-order valence-corrected chi connectivity index (χ4v) is 14.5. The van der Waals surface area contributed by atoms with Crippen molar-refractivity contribution < 1.29 is 4.74 Å². The van der Waals surface area contributed by atoms with Gasteiger partial charge in [0, 0.05) is 38.8 Å². The molecule has 0 unspecified atom stereocenters. The monoisotopic (exact) mass is 1010 g/mol. The molecule has 376 valence electrons. The molecule has 12 aromatic rings. The predicted octanol–water partition coefficient (Wildman–Crippen LogP) is 16.9. The lowest BCUT2D eigenvalue weighted by molar-refractivity contribution is 0.486. The maximum atomic E-state index is 7.43. The van der Waals surface area contributed by atoms with Crippen LogP contribution in [0.25, 0.3) is 66.1 Å². The zero-order chi connectivity index (χ0) is 52.9. The number of hydrogen-bond donors (Lipinski definition) is 0. The Morgan fingerprint density at radius 1 is 0.372 bits per heavy atom. The molecular weight excluding hydrogens is 946 g/mol. The van der Waals surface area contributed by atoms with Crippen LogP contribution in [0, 0.1) is 0 Å². The van der Waals surface area contributed by atoms with E-state index in [1.54, 1.807) is 0 Å². The number of para-hydroxylation sites is 4. The molecule has 0 radical (unpaired) electrons. The molecule has 2 aromatic heterocycles. The lowest BCUT2D eigenvalue weighted by Gasteiger charge is -2.45. The highest BCUT2D eigenvalue weighted by Crippen LogP contribution is 2.64. The normalized spacial score (nSPS) is 14.6. The highest BCUT2D eigenvalue weighted by atomic mass is 16.5. The number of anilines is 3. The highest BCUT2D eigenvalue weighted by molar-refractivity contribution is 6.99. The first-order valence-corrected chi connectivity index (χ1v) is 28.0. The first-order valence-electron chi connectivity index (χ1n) is 28.0. The van der Waals surface area contributed by atoms with Crippen LogP contribution in [0.5, 0.6) is 11.5 Å². The standard InChI is InChI=1S/C73H60BN3O/c1-70(2,3)43-33-35-60-51(37-43)52-38-45(72(7,8)9)40-58-68(52)77(60)64-41-46(42-66-67(64)74(58)57-39-44(71(4,5)6)34-36-65(57)78-66)75-59-29-17-12-23-49(59)50-24-20-32-63(69(50)75)76-61-30-18-15-27-55(61)73(56-28-16-19-31-62(56)76)53-25-13-10-21-47(53)48-22-11-14-26-54(48)73/h10-42H,1-9H3. The first kappa shape index (κ1) is 45.6. The van der Waals surface area contributed by atoms with Crippen LogP contribution in [0.15, 0.2) is 200 Å². The summed E-state index contributed by atoms with van der Waals surface area (Å²) in [5, 5.41) is 5.00. The highest BCUT2D eigenvalue weighted by Gasteiger charge is 2.52. The molecule has 5 heteroatoms. The van der Waals surface area contributed by atoms with E-state index in [0.717, 1.165) is 39.6 Å². The summed E-state index contributed by atoms with van der Waals surface area (Å²) in [5.74, 6) is 1.82. The fourth-order valence-electron chi connectivity index (χ4n) is 14.5. The maximum Gasteiger partial charge on any atom is 0.256 e. The number of fused-ring (bicyclic) bond motifs is 19. The maximum absolute atomic E-state index is 7.43. The van der Waals surface area contributed by atoms with Crippen LogP contribution in [0.2, 0.25) is 0 Å². The molecule has 0 saturated heterocycles. The predicted molar refractivity (Wildman–Crippen MR) is 328 cm³/mol. The zero-order valence-electron chi connectivity index (χ0n) is 45.9. The minimum Gasteiger partial charge on any atom is -0.458 e. The van der Waals surface area contributed by atoms with Crippen LogP contribution < -0.4 is 26.0 Å². The number of nitrogens with zero attached hydrogens (tertiary/aromatic N) is 3. The smallest absolute Gasteiger partial charge is 0.256 e. The Labute approximate surface area is 457 Å². The lowest BCUT2D eigenvalue weighted by atomic mass is 9.34. The average molecular weight is 1010 g/mol. The van der Waals surface area contributed by atoms with Crippen LogP contribution in [-0.2, 0) is 21.7 Å². The number of rotatable bonds is 2. The van der Waals surface area contributed by atoms with Crippen LogP contribution in [0.1, 0.15) is 101 Å². The van der Waals surface area contributed by atoms with Gasteiger partial charge < -0.3 is 18.8 Å². The van der Waals surface area contributed by atoms with Gasteiger partial charge in [-0.15, -0.1) is 0 Å². The third kappa shape index (κ3) is 5.92. The van der Waals surface area contributed by atoms with Crippen LogP contribution >= 0.6 is 0 Å². The zero-order valence-corrected chi connectivity index (χ0v) is 45.9. The van der Waals surface area contributed by atoms with Crippen LogP contribution in [-0.4, -0.2) is 15.8 Å². The first-order chi connectivity index (χ1) is 37.6. The van der Waals surface area contributed by atoms with E-state index in [1.165, 1.54) is 110 Å². The molecule has 16 rings (SSSR count). The van der Waals surface area contributed by atoms with Crippen molar-refractivity contribution in [3.8, 4) is 34.0 Å². The SMILES string of the molecule is CC(C)(C)c1ccc2c(c1)B1c3c(cc(-n4c5ccccc5c5cccc(N6c7ccccc7C7(c8ccccc8-c8ccccc87)c7ccccc76)c54)cc3-n3c4ccc(C(C)(C)C)cc4c4cc(C(C)(C)C)cc1c43)O2. The van der Waals surface area contributed by atoms with Gasteiger partial charge in [0.05, 0.1) is 44.7 Å². The van der Waals surface area contributed by atoms with Crippen molar-refractivity contribution in [2.24, 2.45) is 0 Å². The number of aromatic nitrogens is 2. The van der Waals surface area contributed by atoms with Crippen molar-refractivity contribution in [3.63, 3.8) is 0 Å². The topological polar surface area (TPSA) is 22.3 Å².